The fraction of sp³-hybridized carbons (Fsp3) is 0.167. The summed E-state index contributed by atoms with van der Waals surface area (Å²) in [6.45, 7) is 7.45. The van der Waals surface area contributed by atoms with E-state index in [-0.39, 0.29) is 27.6 Å². The molecule has 0 spiro atoms. The molecule has 3 nitrogen and oxygen atoms in total. The summed E-state index contributed by atoms with van der Waals surface area (Å²) in [7, 11) is 2.77. The molecule has 0 aliphatic carbocycles. The van der Waals surface area contributed by atoms with Crippen LogP contribution in [0.5, 0.6) is 0 Å². The number of benzene rings is 1. The zero-order valence-electron chi connectivity index (χ0n) is 14.0. The summed E-state index contributed by atoms with van der Waals surface area (Å²) in [6, 6.07) is 7.33. The number of hydrogen-bond acceptors (Lipinski definition) is 3. The highest BCUT2D eigenvalue weighted by Gasteiger charge is 2.37. The second kappa shape index (κ2) is 7.70. The summed E-state index contributed by atoms with van der Waals surface area (Å²) >= 11 is 12.0. The Kier molecular flexibility index (Phi) is 6.01. The molecule has 0 atom stereocenters. The van der Waals surface area contributed by atoms with E-state index in [1.54, 1.807) is 12.1 Å². The maximum atomic E-state index is 13.5. The molecular weight excluding hydrogens is 388 g/mol. The monoisotopic (exact) mass is 402 g/mol. The van der Waals surface area contributed by atoms with Crippen molar-refractivity contribution in [3.63, 3.8) is 0 Å². The van der Waals surface area contributed by atoms with Crippen LogP contribution in [-0.4, -0.2) is 24.2 Å². The molecule has 0 bridgehead atoms. The molecule has 0 radical (unpaired) electrons. The van der Waals surface area contributed by atoms with Crippen molar-refractivity contribution < 1.29 is 18.0 Å². The number of hydrogen-bond donors (Lipinski definition) is 0. The Balaban J connectivity index is 2.55. The lowest BCUT2D eigenvalue weighted by Crippen LogP contribution is -2.19. The van der Waals surface area contributed by atoms with Gasteiger partial charge in [-0.25, -0.2) is 4.98 Å². The SMILES string of the molecule is C=C(c1ccc(C(=C)N(C)OC)c(C(F)(F)F)n1)c1ccc(Cl)cc1Cl. The first-order chi connectivity index (χ1) is 12.1. The molecule has 0 saturated carbocycles. The third kappa shape index (κ3) is 4.20. The molecule has 0 N–H and O–H groups in total. The largest absolute Gasteiger partial charge is 0.434 e. The molecular formula is C18H15Cl2F3N2O. The van der Waals surface area contributed by atoms with E-state index in [1.807, 2.05) is 0 Å². The zero-order valence-corrected chi connectivity index (χ0v) is 15.5. The van der Waals surface area contributed by atoms with Gasteiger partial charge in [0.1, 0.15) is 0 Å². The summed E-state index contributed by atoms with van der Waals surface area (Å²) in [5.74, 6) is 0. The van der Waals surface area contributed by atoms with E-state index in [0.29, 0.717) is 10.6 Å². The minimum atomic E-state index is -4.69. The Labute approximate surface area is 159 Å². The van der Waals surface area contributed by atoms with E-state index >= 15 is 0 Å². The molecule has 2 rings (SSSR count). The summed E-state index contributed by atoms with van der Waals surface area (Å²) in [4.78, 5) is 8.66. The number of pyridine rings is 1. The van der Waals surface area contributed by atoms with Gasteiger partial charge in [0.2, 0.25) is 0 Å². The van der Waals surface area contributed by atoms with Crippen LogP contribution in [0.3, 0.4) is 0 Å². The van der Waals surface area contributed by atoms with Crippen molar-refractivity contribution in [2.75, 3.05) is 14.2 Å². The van der Waals surface area contributed by atoms with Gasteiger partial charge in [0, 0.05) is 33.8 Å². The van der Waals surface area contributed by atoms with Gasteiger partial charge in [-0.15, -0.1) is 0 Å². The third-order valence-corrected chi connectivity index (χ3v) is 4.24. The van der Waals surface area contributed by atoms with Crippen molar-refractivity contribution >= 4 is 34.5 Å². The molecule has 0 unspecified atom stereocenters. The highest BCUT2D eigenvalue weighted by molar-refractivity contribution is 6.35. The molecule has 1 aromatic heterocycles. The summed E-state index contributed by atoms with van der Waals surface area (Å²) in [5, 5.41) is 1.80. The van der Waals surface area contributed by atoms with E-state index in [0.717, 1.165) is 5.06 Å². The van der Waals surface area contributed by atoms with E-state index in [9.17, 15) is 13.2 Å². The molecule has 2 aromatic rings. The molecule has 0 aliphatic rings. The van der Waals surface area contributed by atoms with Crippen molar-refractivity contribution in [2.45, 2.75) is 6.18 Å². The van der Waals surface area contributed by atoms with Crippen LogP contribution in [0.2, 0.25) is 10.0 Å². The molecule has 0 amide bonds. The van der Waals surface area contributed by atoms with E-state index in [4.69, 9.17) is 28.0 Å². The molecule has 8 heteroatoms. The van der Waals surface area contributed by atoms with Crippen molar-refractivity contribution in [1.29, 1.82) is 0 Å². The molecule has 1 aromatic carbocycles. The number of aromatic nitrogens is 1. The van der Waals surface area contributed by atoms with Crippen molar-refractivity contribution in [3.8, 4) is 0 Å². The minimum Gasteiger partial charge on any atom is -0.277 e. The Bertz CT molecular complexity index is 866. The van der Waals surface area contributed by atoms with Gasteiger partial charge in [0.05, 0.1) is 18.5 Å². The Morgan fingerprint density at radius 2 is 1.73 bits per heavy atom. The van der Waals surface area contributed by atoms with Gasteiger partial charge in [-0.2, -0.15) is 13.2 Å². The topological polar surface area (TPSA) is 25.4 Å². The Hall–Kier alpha value is -2.02. The normalized spacial score (nSPS) is 11.3. The van der Waals surface area contributed by atoms with Crippen LogP contribution in [-0.2, 0) is 11.0 Å². The molecule has 0 fully saturated rings. The maximum Gasteiger partial charge on any atom is 0.434 e. The second-order valence-corrected chi connectivity index (χ2v) is 6.16. The maximum absolute atomic E-state index is 13.5. The van der Waals surface area contributed by atoms with Gasteiger partial charge in [0.15, 0.2) is 5.69 Å². The highest BCUT2D eigenvalue weighted by atomic mass is 35.5. The van der Waals surface area contributed by atoms with Crippen LogP contribution in [0.25, 0.3) is 11.3 Å². The second-order valence-electron chi connectivity index (χ2n) is 5.32. The molecule has 138 valence electrons. The lowest BCUT2D eigenvalue weighted by Gasteiger charge is -2.22. The van der Waals surface area contributed by atoms with Crippen LogP contribution in [0, 0.1) is 0 Å². The smallest absolute Gasteiger partial charge is 0.277 e. The third-order valence-electron chi connectivity index (χ3n) is 3.69. The molecule has 26 heavy (non-hydrogen) atoms. The first-order valence-corrected chi connectivity index (χ1v) is 8.02. The van der Waals surface area contributed by atoms with Crippen molar-refractivity contribution in [2.24, 2.45) is 0 Å². The summed E-state index contributed by atoms with van der Waals surface area (Å²) in [6.07, 6.45) is -4.69. The fourth-order valence-electron chi connectivity index (χ4n) is 2.23. The Morgan fingerprint density at radius 3 is 2.27 bits per heavy atom. The predicted octanol–water partition coefficient (Wildman–Crippen LogP) is 5.93. The minimum absolute atomic E-state index is 0.0222. The van der Waals surface area contributed by atoms with Crippen LogP contribution >= 0.6 is 23.2 Å². The quantitative estimate of drug-likeness (QED) is 0.579. The Morgan fingerprint density at radius 1 is 1.12 bits per heavy atom. The van der Waals surface area contributed by atoms with Crippen LogP contribution in [0.15, 0.2) is 43.5 Å². The first-order valence-electron chi connectivity index (χ1n) is 7.26. The summed E-state index contributed by atoms with van der Waals surface area (Å²) < 4.78 is 40.6. The number of hydroxylamine groups is 2. The van der Waals surface area contributed by atoms with Gasteiger partial charge in [-0.1, -0.05) is 42.4 Å². The molecule has 0 saturated heterocycles. The standard InChI is InChI=1S/C18H15Cl2F3N2O/c1-10(13-6-5-12(19)9-15(13)20)16-8-7-14(11(2)25(3)26-4)17(24-16)18(21,22)23/h5-9H,1-2H2,3-4H3. The van der Waals surface area contributed by atoms with Crippen LogP contribution in [0.1, 0.15) is 22.5 Å². The fourth-order valence-corrected chi connectivity index (χ4v) is 2.75. The van der Waals surface area contributed by atoms with E-state index in [2.05, 4.69) is 18.1 Å². The average molecular weight is 403 g/mol. The van der Waals surface area contributed by atoms with E-state index < -0.39 is 11.9 Å². The molecule has 1 heterocycles. The number of rotatable bonds is 5. The van der Waals surface area contributed by atoms with Gasteiger partial charge >= 0.3 is 6.18 Å². The van der Waals surface area contributed by atoms with Gasteiger partial charge in [0.25, 0.3) is 0 Å². The zero-order chi connectivity index (χ0) is 19.6. The predicted molar refractivity (Wildman–Crippen MR) is 97.6 cm³/mol. The van der Waals surface area contributed by atoms with Crippen molar-refractivity contribution in [1.82, 2.24) is 10.0 Å². The molecule has 0 aliphatic heterocycles. The lowest BCUT2D eigenvalue weighted by molar-refractivity contribution is -0.141. The lowest BCUT2D eigenvalue weighted by atomic mass is 10.0. The van der Waals surface area contributed by atoms with Gasteiger partial charge in [-0.05, 0) is 24.3 Å². The average Bonchev–Trinajstić information content (AvgIpc) is 2.58. The highest BCUT2D eigenvalue weighted by Crippen LogP contribution is 2.36. The van der Waals surface area contributed by atoms with Gasteiger partial charge < -0.3 is 0 Å². The number of alkyl halides is 3. The number of halogens is 5. The number of nitrogens with zero attached hydrogens (tertiary/aromatic N) is 2. The first kappa shape index (κ1) is 20.3. The van der Waals surface area contributed by atoms with E-state index in [1.165, 1.54) is 32.4 Å². The van der Waals surface area contributed by atoms with Crippen molar-refractivity contribution in [3.05, 3.63) is 76.0 Å². The van der Waals surface area contributed by atoms with Crippen LogP contribution in [0.4, 0.5) is 13.2 Å². The van der Waals surface area contributed by atoms with Crippen LogP contribution < -0.4 is 0 Å². The van der Waals surface area contributed by atoms with Gasteiger partial charge in [-0.3, -0.25) is 9.90 Å². The summed E-state index contributed by atoms with van der Waals surface area (Å²) in [5.41, 5.74) is -0.533.